The number of guanidine groups is 1. The second-order valence-electron chi connectivity index (χ2n) is 7.17. The van der Waals surface area contributed by atoms with E-state index in [4.69, 9.17) is 9.73 Å². The van der Waals surface area contributed by atoms with Crippen molar-refractivity contribution >= 4 is 11.9 Å². The number of rotatable bonds is 8. The topological polar surface area (TPSA) is 66.0 Å². The van der Waals surface area contributed by atoms with Crippen molar-refractivity contribution in [3.05, 3.63) is 35.4 Å². The number of benzene rings is 1. The van der Waals surface area contributed by atoms with Gasteiger partial charge in [0.25, 0.3) is 0 Å². The van der Waals surface area contributed by atoms with Gasteiger partial charge in [0.2, 0.25) is 5.91 Å². The van der Waals surface area contributed by atoms with Crippen molar-refractivity contribution in [1.82, 2.24) is 15.5 Å². The SMILES string of the molecule is CCNC(=NCc1ccccc1COCC)NC1CCN(C(=O)C(C)C)C1. The standard InChI is InChI=1S/C21H34N4O2/c1-5-22-21(24-19-11-12-25(14-19)20(26)16(3)4)23-13-17-9-7-8-10-18(17)15-27-6-2/h7-10,16,19H,5-6,11-15H2,1-4H3,(H2,22,23,24). The maximum absolute atomic E-state index is 12.2. The largest absolute Gasteiger partial charge is 0.377 e. The summed E-state index contributed by atoms with van der Waals surface area (Å²) in [5, 5.41) is 6.80. The number of amides is 1. The Balaban J connectivity index is 1.98. The quantitative estimate of drug-likeness (QED) is 0.542. The van der Waals surface area contributed by atoms with Gasteiger partial charge in [0.05, 0.1) is 13.2 Å². The van der Waals surface area contributed by atoms with Crippen LogP contribution in [0.15, 0.2) is 29.3 Å². The molecular formula is C21H34N4O2. The first-order valence-electron chi connectivity index (χ1n) is 10.0. The van der Waals surface area contributed by atoms with Crippen molar-refractivity contribution in [2.75, 3.05) is 26.2 Å². The number of likely N-dealkylation sites (tertiary alicyclic amines) is 1. The molecule has 6 nitrogen and oxygen atoms in total. The molecule has 2 N–H and O–H groups in total. The summed E-state index contributed by atoms with van der Waals surface area (Å²) in [7, 11) is 0. The van der Waals surface area contributed by atoms with E-state index >= 15 is 0 Å². The van der Waals surface area contributed by atoms with Crippen LogP contribution in [0, 0.1) is 5.92 Å². The van der Waals surface area contributed by atoms with Crippen molar-refractivity contribution in [3.63, 3.8) is 0 Å². The lowest BCUT2D eigenvalue weighted by molar-refractivity contribution is -0.133. The highest BCUT2D eigenvalue weighted by molar-refractivity contribution is 5.81. The molecule has 0 spiro atoms. The lowest BCUT2D eigenvalue weighted by Gasteiger charge is -2.20. The molecule has 1 saturated heterocycles. The minimum atomic E-state index is 0.0486. The fourth-order valence-corrected chi connectivity index (χ4v) is 3.19. The van der Waals surface area contributed by atoms with Crippen molar-refractivity contribution in [1.29, 1.82) is 0 Å². The summed E-state index contributed by atoms with van der Waals surface area (Å²) >= 11 is 0. The number of carbonyl (C=O) groups excluding carboxylic acids is 1. The molecule has 1 unspecified atom stereocenters. The summed E-state index contributed by atoms with van der Waals surface area (Å²) in [6.07, 6.45) is 0.948. The fourth-order valence-electron chi connectivity index (χ4n) is 3.19. The normalized spacial score (nSPS) is 17.4. The van der Waals surface area contributed by atoms with Crippen LogP contribution in [0.3, 0.4) is 0 Å². The highest BCUT2D eigenvalue weighted by atomic mass is 16.5. The van der Waals surface area contributed by atoms with Crippen molar-refractivity contribution in [2.24, 2.45) is 10.9 Å². The predicted molar refractivity (Wildman–Crippen MR) is 110 cm³/mol. The molecule has 0 aromatic heterocycles. The number of nitrogens with zero attached hydrogens (tertiary/aromatic N) is 2. The van der Waals surface area contributed by atoms with Gasteiger partial charge in [-0.05, 0) is 31.4 Å². The van der Waals surface area contributed by atoms with Crippen molar-refractivity contribution < 1.29 is 9.53 Å². The Morgan fingerprint density at radius 2 is 2.04 bits per heavy atom. The number of carbonyl (C=O) groups is 1. The van der Waals surface area contributed by atoms with Crippen LogP contribution in [-0.2, 0) is 22.7 Å². The molecule has 6 heteroatoms. The van der Waals surface area contributed by atoms with Crippen LogP contribution >= 0.6 is 0 Å². The van der Waals surface area contributed by atoms with Gasteiger partial charge in [0, 0.05) is 38.2 Å². The molecule has 150 valence electrons. The maximum atomic E-state index is 12.2. The third-order valence-electron chi connectivity index (χ3n) is 4.67. The summed E-state index contributed by atoms with van der Waals surface area (Å²) in [5.74, 6) is 1.08. The molecule has 1 aromatic rings. The minimum absolute atomic E-state index is 0.0486. The molecule has 1 aromatic carbocycles. The summed E-state index contributed by atoms with van der Waals surface area (Å²) < 4.78 is 5.56. The van der Waals surface area contributed by atoms with Crippen LogP contribution in [0.1, 0.15) is 45.2 Å². The molecule has 2 rings (SSSR count). The first-order chi connectivity index (χ1) is 13.0. The van der Waals surface area contributed by atoms with Crippen molar-refractivity contribution in [3.8, 4) is 0 Å². The van der Waals surface area contributed by atoms with Crippen LogP contribution in [-0.4, -0.2) is 49.0 Å². The molecule has 1 aliphatic rings. The molecule has 1 heterocycles. The number of hydrogen-bond donors (Lipinski definition) is 2. The van der Waals surface area contributed by atoms with Crippen LogP contribution in [0.5, 0.6) is 0 Å². The van der Waals surface area contributed by atoms with Gasteiger partial charge in [-0.1, -0.05) is 38.1 Å². The molecule has 27 heavy (non-hydrogen) atoms. The van der Waals surface area contributed by atoms with Gasteiger partial charge >= 0.3 is 0 Å². The lowest BCUT2D eigenvalue weighted by Crippen LogP contribution is -2.45. The summed E-state index contributed by atoms with van der Waals surface area (Å²) in [6, 6.07) is 8.49. The monoisotopic (exact) mass is 374 g/mol. The van der Waals surface area contributed by atoms with E-state index in [2.05, 4.69) is 29.7 Å². The molecule has 1 amide bonds. The second kappa shape index (κ2) is 10.9. The predicted octanol–water partition coefficient (Wildman–Crippen LogP) is 2.54. The Hall–Kier alpha value is -2.08. The Morgan fingerprint density at radius 1 is 1.30 bits per heavy atom. The van der Waals surface area contributed by atoms with E-state index in [-0.39, 0.29) is 17.9 Å². The highest BCUT2D eigenvalue weighted by Crippen LogP contribution is 2.14. The van der Waals surface area contributed by atoms with Gasteiger partial charge in [0.15, 0.2) is 5.96 Å². The molecule has 1 atom stereocenters. The van der Waals surface area contributed by atoms with Gasteiger partial charge < -0.3 is 20.3 Å². The summed E-state index contributed by atoms with van der Waals surface area (Å²) in [5.41, 5.74) is 2.35. The minimum Gasteiger partial charge on any atom is -0.377 e. The molecular weight excluding hydrogens is 340 g/mol. The van der Waals surface area contributed by atoms with Crippen LogP contribution in [0.2, 0.25) is 0 Å². The average Bonchev–Trinajstić information content (AvgIpc) is 3.13. The molecule has 0 bridgehead atoms. The van der Waals surface area contributed by atoms with E-state index in [1.807, 2.05) is 37.8 Å². The van der Waals surface area contributed by atoms with Crippen LogP contribution in [0.25, 0.3) is 0 Å². The Labute approximate surface area is 163 Å². The zero-order chi connectivity index (χ0) is 19.6. The highest BCUT2D eigenvalue weighted by Gasteiger charge is 2.27. The third-order valence-corrected chi connectivity index (χ3v) is 4.67. The van der Waals surface area contributed by atoms with E-state index in [1.165, 1.54) is 11.1 Å². The number of nitrogens with one attached hydrogen (secondary N) is 2. The maximum Gasteiger partial charge on any atom is 0.225 e. The molecule has 0 radical (unpaired) electrons. The van der Waals surface area contributed by atoms with Gasteiger partial charge in [-0.3, -0.25) is 4.79 Å². The average molecular weight is 375 g/mol. The van der Waals surface area contributed by atoms with Gasteiger partial charge in [-0.15, -0.1) is 0 Å². The lowest BCUT2D eigenvalue weighted by atomic mass is 10.1. The fraction of sp³-hybridized carbons (Fsp3) is 0.619. The zero-order valence-electron chi connectivity index (χ0n) is 17.1. The summed E-state index contributed by atoms with van der Waals surface area (Å²) in [6.45, 7) is 12.2. The molecule has 1 fully saturated rings. The zero-order valence-corrected chi connectivity index (χ0v) is 17.1. The summed E-state index contributed by atoms with van der Waals surface area (Å²) in [4.78, 5) is 18.9. The smallest absolute Gasteiger partial charge is 0.225 e. The third kappa shape index (κ3) is 6.54. The van der Waals surface area contributed by atoms with Gasteiger partial charge in [-0.2, -0.15) is 0 Å². The van der Waals surface area contributed by atoms with Crippen LogP contribution < -0.4 is 10.6 Å². The first kappa shape index (κ1) is 21.2. The van der Waals surface area contributed by atoms with Gasteiger partial charge in [0.1, 0.15) is 0 Å². The second-order valence-corrected chi connectivity index (χ2v) is 7.17. The van der Waals surface area contributed by atoms with E-state index in [0.29, 0.717) is 19.8 Å². The number of hydrogen-bond acceptors (Lipinski definition) is 3. The van der Waals surface area contributed by atoms with E-state index < -0.39 is 0 Å². The van der Waals surface area contributed by atoms with E-state index in [0.717, 1.165) is 32.0 Å². The van der Waals surface area contributed by atoms with E-state index in [9.17, 15) is 4.79 Å². The van der Waals surface area contributed by atoms with Gasteiger partial charge in [-0.25, -0.2) is 4.99 Å². The first-order valence-corrected chi connectivity index (χ1v) is 10.0. The number of aliphatic imine (C=N–C) groups is 1. The Kier molecular flexibility index (Phi) is 8.58. The number of ether oxygens (including phenoxy) is 1. The molecule has 1 aliphatic heterocycles. The van der Waals surface area contributed by atoms with Crippen LogP contribution in [0.4, 0.5) is 0 Å². The molecule has 0 saturated carbocycles. The Bertz CT molecular complexity index is 630. The molecule has 0 aliphatic carbocycles. The van der Waals surface area contributed by atoms with E-state index in [1.54, 1.807) is 0 Å². The van der Waals surface area contributed by atoms with Crippen molar-refractivity contribution in [2.45, 2.75) is 53.3 Å². The Morgan fingerprint density at radius 3 is 2.70 bits per heavy atom.